The highest BCUT2D eigenvalue weighted by molar-refractivity contribution is 9.10. The van der Waals surface area contributed by atoms with Crippen molar-refractivity contribution in [2.45, 2.75) is 20.4 Å². The Morgan fingerprint density at radius 1 is 1.20 bits per heavy atom. The second-order valence-corrected chi connectivity index (χ2v) is 5.77. The molecule has 0 bridgehead atoms. The van der Waals surface area contributed by atoms with E-state index in [1.807, 2.05) is 31.4 Å². The number of aromatic nitrogens is 1. The largest absolute Gasteiger partial charge is 0.490 e. The average Bonchev–Trinajstić information content (AvgIpc) is 2.91. The zero-order valence-corrected chi connectivity index (χ0v) is 13.9. The molecule has 0 aliphatic rings. The van der Waals surface area contributed by atoms with Crippen molar-refractivity contribution in [1.82, 2.24) is 4.98 Å². The van der Waals surface area contributed by atoms with E-state index in [9.17, 15) is 0 Å². The second kappa shape index (κ2) is 7.06. The number of hydrogen-bond donors (Lipinski definition) is 1. The zero-order chi connectivity index (χ0) is 14.5. The van der Waals surface area contributed by atoms with Gasteiger partial charge in [-0.15, -0.1) is 11.3 Å². The molecule has 0 saturated carbocycles. The molecule has 0 aliphatic heterocycles. The van der Waals surface area contributed by atoms with Gasteiger partial charge in [0.1, 0.15) is 5.01 Å². The van der Waals surface area contributed by atoms with Gasteiger partial charge >= 0.3 is 0 Å². The standard InChI is InChI=1S/C14H17BrN2O2S/c1-3-18-12-5-9(10(15)6-13(12)19-4-2)11-8-20-14(7-16)17-11/h5-6,8H,3-4,7,16H2,1-2H3. The van der Waals surface area contributed by atoms with Crippen molar-refractivity contribution in [3.05, 3.63) is 27.0 Å². The molecule has 1 aromatic heterocycles. The summed E-state index contributed by atoms with van der Waals surface area (Å²) in [6.45, 7) is 5.54. The Hall–Kier alpha value is -1.11. The fourth-order valence-electron chi connectivity index (χ4n) is 1.80. The number of halogens is 1. The van der Waals surface area contributed by atoms with Crippen LogP contribution < -0.4 is 15.2 Å². The molecule has 0 unspecified atom stereocenters. The Kier molecular flexibility index (Phi) is 5.39. The number of benzene rings is 1. The van der Waals surface area contributed by atoms with Gasteiger partial charge in [0.25, 0.3) is 0 Å². The number of rotatable bonds is 6. The molecule has 4 nitrogen and oxygen atoms in total. The molecule has 0 atom stereocenters. The topological polar surface area (TPSA) is 57.4 Å². The summed E-state index contributed by atoms with van der Waals surface area (Å²) in [5.74, 6) is 1.47. The molecular formula is C14H17BrN2O2S. The predicted molar refractivity (Wildman–Crippen MR) is 85.5 cm³/mol. The van der Waals surface area contributed by atoms with Crippen molar-refractivity contribution in [3.8, 4) is 22.8 Å². The molecule has 0 saturated heterocycles. The van der Waals surface area contributed by atoms with Gasteiger partial charge in [0.05, 0.1) is 18.9 Å². The first-order valence-corrected chi connectivity index (χ1v) is 8.10. The minimum atomic E-state index is 0.456. The molecule has 1 heterocycles. The van der Waals surface area contributed by atoms with Crippen molar-refractivity contribution in [2.75, 3.05) is 13.2 Å². The summed E-state index contributed by atoms with van der Waals surface area (Å²) in [7, 11) is 0. The van der Waals surface area contributed by atoms with Gasteiger partial charge in [0, 0.05) is 22.0 Å². The lowest BCUT2D eigenvalue weighted by molar-refractivity contribution is 0.287. The van der Waals surface area contributed by atoms with Crippen LogP contribution in [0.2, 0.25) is 0 Å². The molecule has 20 heavy (non-hydrogen) atoms. The summed E-state index contributed by atoms with van der Waals surface area (Å²) in [4.78, 5) is 4.50. The average molecular weight is 357 g/mol. The van der Waals surface area contributed by atoms with Crippen molar-refractivity contribution in [1.29, 1.82) is 0 Å². The van der Waals surface area contributed by atoms with E-state index in [1.165, 1.54) is 0 Å². The fraction of sp³-hybridized carbons (Fsp3) is 0.357. The monoisotopic (exact) mass is 356 g/mol. The highest BCUT2D eigenvalue weighted by Gasteiger charge is 2.14. The lowest BCUT2D eigenvalue weighted by Crippen LogP contribution is -1.99. The van der Waals surface area contributed by atoms with Gasteiger partial charge in [-0.25, -0.2) is 4.98 Å². The Morgan fingerprint density at radius 3 is 2.40 bits per heavy atom. The normalized spacial score (nSPS) is 10.6. The van der Waals surface area contributed by atoms with E-state index in [1.54, 1.807) is 11.3 Å². The summed E-state index contributed by atoms with van der Waals surface area (Å²) in [6, 6.07) is 3.87. The summed E-state index contributed by atoms with van der Waals surface area (Å²) >= 11 is 5.13. The van der Waals surface area contributed by atoms with Crippen LogP contribution in [0.25, 0.3) is 11.3 Å². The van der Waals surface area contributed by atoms with Crippen molar-refractivity contribution >= 4 is 27.3 Å². The van der Waals surface area contributed by atoms with Gasteiger partial charge in [-0.1, -0.05) is 0 Å². The Morgan fingerprint density at radius 2 is 1.85 bits per heavy atom. The molecule has 0 radical (unpaired) electrons. The first kappa shape index (κ1) is 15.3. The maximum Gasteiger partial charge on any atom is 0.162 e. The predicted octanol–water partition coefficient (Wildman–Crippen LogP) is 3.83. The van der Waals surface area contributed by atoms with Crippen LogP contribution in [0.15, 0.2) is 22.0 Å². The SMILES string of the molecule is CCOc1cc(Br)c(-c2csc(CN)n2)cc1OCC. The number of nitrogens with zero attached hydrogens (tertiary/aromatic N) is 1. The van der Waals surface area contributed by atoms with E-state index in [0.29, 0.717) is 19.8 Å². The third kappa shape index (κ3) is 3.31. The zero-order valence-electron chi connectivity index (χ0n) is 11.5. The molecular weight excluding hydrogens is 340 g/mol. The van der Waals surface area contributed by atoms with E-state index >= 15 is 0 Å². The molecule has 1 aromatic carbocycles. The van der Waals surface area contributed by atoms with E-state index in [0.717, 1.165) is 32.2 Å². The van der Waals surface area contributed by atoms with Crippen LogP contribution in [0.5, 0.6) is 11.5 Å². The number of nitrogens with two attached hydrogens (primary N) is 1. The Bertz CT molecular complexity index is 587. The van der Waals surface area contributed by atoms with Crippen LogP contribution in [-0.2, 0) is 6.54 Å². The van der Waals surface area contributed by atoms with E-state index in [2.05, 4.69) is 20.9 Å². The van der Waals surface area contributed by atoms with E-state index in [4.69, 9.17) is 15.2 Å². The smallest absolute Gasteiger partial charge is 0.162 e. The number of ether oxygens (including phenoxy) is 2. The van der Waals surface area contributed by atoms with Crippen LogP contribution in [-0.4, -0.2) is 18.2 Å². The first-order chi connectivity index (χ1) is 9.69. The van der Waals surface area contributed by atoms with Crippen molar-refractivity contribution in [2.24, 2.45) is 5.73 Å². The van der Waals surface area contributed by atoms with Crippen LogP contribution in [0.1, 0.15) is 18.9 Å². The molecule has 0 fully saturated rings. The molecule has 0 amide bonds. The summed E-state index contributed by atoms with van der Waals surface area (Å²) in [5, 5.41) is 2.91. The summed E-state index contributed by atoms with van der Waals surface area (Å²) in [6.07, 6.45) is 0. The van der Waals surface area contributed by atoms with Crippen LogP contribution in [0.4, 0.5) is 0 Å². The molecule has 6 heteroatoms. The molecule has 108 valence electrons. The minimum absolute atomic E-state index is 0.456. The van der Waals surface area contributed by atoms with Gasteiger partial charge in [-0.2, -0.15) is 0 Å². The minimum Gasteiger partial charge on any atom is -0.490 e. The van der Waals surface area contributed by atoms with Crippen LogP contribution >= 0.6 is 27.3 Å². The molecule has 0 aliphatic carbocycles. The van der Waals surface area contributed by atoms with E-state index in [-0.39, 0.29) is 0 Å². The van der Waals surface area contributed by atoms with Crippen molar-refractivity contribution < 1.29 is 9.47 Å². The Balaban J connectivity index is 2.44. The molecule has 2 aromatic rings. The van der Waals surface area contributed by atoms with Crippen molar-refractivity contribution in [3.63, 3.8) is 0 Å². The highest BCUT2D eigenvalue weighted by atomic mass is 79.9. The van der Waals surface area contributed by atoms with E-state index < -0.39 is 0 Å². The van der Waals surface area contributed by atoms with Gasteiger partial charge < -0.3 is 15.2 Å². The van der Waals surface area contributed by atoms with Gasteiger partial charge in [0.15, 0.2) is 11.5 Å². The summed E-state index contributed by atoms with van der Waals surface area (Å²) < 4.78 is 12.2. The summed E-state index contributed by atoms with van der Waals surface area (Å²) in [5.41, 5.74) is 7.49. The lowest BCUT2D eigenvalue weighted by atomic mass is 10.1. The highest BCUT2D eigenvalue weighted by Crippen LogP contribution is 2.39. The van der Waals surface area contributed by atoms with Gasteiger partial charge in [-0.3, -0.25) is 0 Å². The molecule has 2 rings (SSSR count). The number of hydrogen-bond acceptors (Lipinski definition) is 5. The Labute approximate surface area is 131 Å². The maximum absolute atomic E-state index is 5.64. The van der Waals surface area contributed by atoms with Crippen LogP contribution in [0, 0.1) is 0 Å². The maximum atomic E-state index is 5.64. The first-order valence-electron chi connectivity index (χ1n) is 6.43. The van der Waals surface area contributed by atoms with Crippen LogP contribution in [0.3, 0.4) is 0 Å². The fourth-order valence-corrected chi connectivity index (χ4v) is 3.00. The quantitative estimate of drug-likeness (QED) is 0.854. The second-order valence-electron chi connectivity index (χ2n) is 3.98. The number of thiazole rings is 1. The van der Waals surface area contributed by atoms with Gasteiger partial charge in [-0.05, 0) is 41.9 Å². The third-order valence-electron chi connectivity index (χ3n) is 2.64. The van der Waals surface area contributed by atoms with Gasteiger partial charge in [0.2, 0.25) is 0 Å². The third-order valence-corrected chi connectivity index (χ3v) is 4.16. The lowest BCUT2D eigenvalue weighted by Gasteiger charge is -2.13. The molecule has 2 N–H and O–H groups in total. The molecule has 0 spiro atoms.